The monoisotopic (exact) mass is 352 g/mol. The molecule has 4 atom stereocenters. The van der Waals surface area contributed by atoms with E-state index in [4.69, 9.17) is 4.74 Å². The summed E-state index contributed by atoms with van der Waals surface area (Å²) < 4.78 is 5.56. The number of likely N-dealkylation sites (tertiary alicyclic amines) is 1. The van der Waals surface area contributed by atoms with Crippen LogP contribution >= 0.6 is 0 Å². The molecule has 0 radical (unpaired) electrons. The lowest BCUT2D eigenvalue weighted by Crippen LogP contribution is -2.46. The smallest absolute Gasteiger partial charge is 0.410 e. The van der Waals surface area contributed by atoms with Crippen LogP contribution in [0.25, 0.3) is 0 Å². The van der Waals surface area contributed by atoms with Crippen LogP contribution in [0.1, 0.15) is 73.6 Å². The first-order valence-electron chi connectivity index (χ1n) is 10.4. The Bertz CT molecular complexity index is 422. The van der Waals surface area contributed by atoms with Crippen molar-refractivity contribution in [2.24, 2.45) is 23.7 Å². The molecule has 146 valence electrons. The molecule has 0 aromatic carbocycles. The number of hydrogen-bond donors (Lipinski definition) is 1. The standard InChI is InChI=1S/C21H40N2O2/c1-15(2)17-9-10-19(22-13-17)12-16(3)18-8-7-11-23(14-18)20(24)25-21(4,5)6/h15-19,22H,7-14H2,1-6H3/t16?,17-,18-,19?/m1/s1. The van der Waals surface area contributed by atoms with Gasteiger partial charge in [0.2, 0.25) is 0 Å². The first kappa shape index (κ1) is 20.5. The molecule has 2 aliphatic heterocycles. The van der Waals surface area contributed by atoms with Gasteiger partial charge < -0.3 is 15.0 Å². The van der Waals surface area contributed by atoms with Crippen molar-refractivity contribution in [3.8, 4) is 0 Å². The second-order valence-electron chi connectivity index (χ2n) is 9.73. The quantitative estimate of drug-likeness (QED) is 0.798. The Hall–Kier alpha value is -0.770. The molecule has 2 saturated heterocycles. The van der Waals surface area contributed by atoms with E-state index in [9.17, 15) is 4.79 Å². The average molecular weight is 353 g/mol. The van der Waals surface area contributed by atoms with Gasteiger partial charge in [0, 0.05) is 19.1 Å². The van der Waals surface area contributed by atoms with Crippen LogP contribution in [0.15, 0.2) is 0 Å². The summed E-state index contributed by atoms with van der Waals surface area (Å²) in [6.07, 6.45) is 6.09. The zero-order valence-electron chi connectivity index (χ0n) is 17.3. The van der Waals surface area contributed by atoms with E-state index < -0.39 is 5.60 Å². The third-order valence-corrected chi connectivity index (χ3v) is 6.07. The van der Waals surface area contributed by atoms with Crippen molar-refractivity contribution < 1.29 is 9.53 Å². The molecule has 0 aromatic heterocycles. The summed E-state index contributed by atoms with van der Waals surface area (Å²) in [5, 5.41) is 3.78. The lowest BCUT2D eigenvalue weighted by molar-refractivity contribution is 0.0127. The summed E-state index contributed by atoms with van der Waals surface area (Å²) in [6.45, 7) is 15.7. The molecule has 2 fully saturated rings. The van der Waals surface area contributed by atoms with E-state index in [1.165, 1.54) is 32.2 Å². The molecule has 4 heteroatoms. The molecule has 0 aromatic rings. The minimum absolute atomic E-state index is 0.139. The molecule has 4 nitrogen and oxygen atoms in total. The number of nitrogens with one attached hydrogen (secondary N) is 1. The van der Waals surface area contributed by atoms with Crippen molar-refractivity contribution >= 4 is 6.09 Å². The normalized spacial score (nSPS) is 29.6. The summed E-state index contributed by atoms with van der Waals surface area (Å²) in [5.74, 6) is 2.87. The number of nitrogens with zero attached hydrogens (tertiary/aromatic N) is 1. The first-order valence-corrected chi connectivity index (χ1v) is 10.4. The Morgan fingerprint density at radius 1 is 1.16 bits per heavy atom. The van der Waals surface area contributed by atoms with Gasteiger partial charge in [0.05, 0.1) is 0 Å². The fourth-order valence-corrected chi connectivity index (χ4v) is 4.32. The van der Waals surface area contributed by atoms with E-state index >= 15 is 0 Å². The summed E-state index contributed by atoms with van der Waals surface area (Å²) in [4.78, 5) is 14.3. The highest BCUT2D eigenvalue weighted by Crippen LogP contribution is 2.31. The molecule has 2 aliphatic rings. The van der Waals surface area contributed by atoms with Gasteiger partial charge in [-0.05, 0) is 83.1 Å². The van der Waals surface area contributed by atoms with Gasteiger partial charge in [0.25, 0.3) is 0 Å². The highest BCUT2D eigenvalue weighted by molar-refractivity contribution is 5.68. The molecule has 2 rings (SSSR count). The molecule has 0 saturated carbocycles. The molecule has 2 unspecified atom stereocenters. The van der Waals surface area contributed by atoms with Crippen molar-refractivity contribution in [1.29, 1.82) is 0 Å². The van der Waals surface area contributed by atoms with Gasteiger partial charge in [-0.15, -0.1) is 0 Å². The third-order valence-electron chi connectivity index (χ3n) is 6.07. The Morgan fingerprint density at radius 2 is 1.88 bits per heavy atom. The van der Waals surface area contributed by atoms with Crippen molar-refractivity contribution in [2.75, 3.05) is 19.6 Å². The van der Waals surface area contributed by atoms with Gasteiger partial charge in [0.15, 0.2) is 0 Å². The molecule has 2 heterocycles. The van der Waals surface area contributed by atoms with E-state index in [1.807, 2.05) is 25.7 Å². The highest BCUT2D eigenvalue weighted by Gasteiger charge is 2.32. The van der Waals surface area contributed by atoms with Crippen molar-refractivity contribution in [3.63, 3.8) is 0 Å². The molecular weight excluding hydrogens is 312 g/mol. The Labute approximate surface area is 155 Å². The van der Waals surface area contributed by atoms with Crippen LogP contribution in [-0.4, -0.2) is 42.3 Å². The topological polar surface area (TPSA) is 41.6 Å². The molecule has 0 bridgehead atoms. The van der Waals surface area contributed by atoms with Crippen LogP contribution < -0.4 is 5.32 Å². The van der Waals surface area contributed by atoms with Gasteiger partial charge >= 0.3 is 6.09 Å². The molecule has 0 spiro atoms. The number of ether oxygens (including phenoxy) is 1. The number of hydrogen-bond acceptors (Lipinski definition) is 3. The largest absolute Gasteiger partial charge is 0.444 e. The first-order chi connectivity index (χ1) is 11.7. The van der Waals surface area contributed by atoms with Crippen molar-refractivity contribution in [1.82, 2.24) is 10.2 Å². The highest BCUT2D eigenvalue weighted by atomic mass is 16.6. The molecule has 1 amide bonds. The van der Waals surface area contributed by atoms with Crippen LogP contribution in [-0.2, 0) is 4.74 Å². The van der Waals surface area contributed by atoms with Gasteiger partial charge in [0.1, 0.15) is 5.60 Å². The minimum atomic E-state index is -0.408. The van der Waals surface area contributed by atoms with E-state index in [2.05, 4.69) is 26.1 Å². The van der Waals surface area contributed by atoms with Gasteiger partial charge in [-0.25, -0.2) is 4.79 Å². The minimum Gasteiger partial charge on any atom is -0.444 e. The van der Waals surface area contributed by atoms with E-state index in [1.54, 1.807) is 0 Å². The summed E-state index contributed by atoms with van der Waals surface area (Å²) in [5.41, 5.74) is -0.408. The van der Waals surface area contributed by atoms with E-state index in [-0.39, 0.29) is 6.09 Å². The summed E-state index contributed by atoms with van der Waals surface area (Å²) >= 11 is 0. The summed E-state index contributed by atoms with van der Waals surface area (Å²) in [7, 11) is 0. The van der Waals surface area contributed by atoms with Gasteiger partial charge in [-0.2, -0.15) is 0 Å². The van der Waals surface area contributed by atoms with E-state index in [0.717, 1.165) is 31.3 Å². The zero-order valence-corrected chi connectivity index (χ0v) is 17.3. The number of piperidine rings is 2. The predicted molar refractivity (Wildman–Crippen MR) is 104 cm³/mol. The second-order valence-corrected chi connectivity index (χ2v) is 9.73. The molecule has 1 N–H and O–H groups in total. The average Bonchev–Trinajstić information content (AvgIpc) is 2.54. The van der Waals surface area contributed by atoms with Crippen LogP contribution in [0.2, 0.25) is 0 Å². The number of amides is 1. The fourth-order valence-electron chi connectivity index (χ4n) is 4.32. The SMILES string of the molecule is CC(C)[C@@H]1CCC(CC(C)[C@@H]2CCCN(C(=O)OC(C)(C)C)C2)NC1. The van der Waals surface area contributed by atoms with Crippen molar-refractivity contribution in [2.45, 2.75) is 85.3 Å². The molecule has 25 heavy (non-hydrogen) atoms. The van der Waals surface area contributed by atoms with Crippen LogP contribution in [0.4, 0.5) is 4.79 Å². The predicted octanol–water partition coefficient (Wildman–Crippen LogP) is 4.68. The Balaban J connectivity index is 1.79. The summed E-state index contributed by atoms with van der Waals surface area (Å²) in [6, 6.07) is 0.655. The maximum atomic E-state index is 12.4. The van der Waals surface area contributed by atoms with Crippen LogP contribution in [0.3, 0.4) is 0 Å². The number of carbonyl (C=O) groups is 1. The second kappa shape index (κ2) is 8.75. The number of carbonyl (C=O) groups excluding carboxylic acids is 1. The molecule has 0 aliphatic carbocycles. The van der Waals surface area contributed by atoms with Crippen LogP contribution in [0.5, 0.6) is 0 Å². The Morgan fingerprint density at radius 3 is 2.44 bits per heavy atom. The zero-order chi connectivity index (χ0) is 18.6. The lowest BCUT2D eigenvalue weighted by Gasteiger charge is -2.39. The molecular formula is C21H40N2O2. The maximum absolute atomic E-state index is 12.4. The fraction of sp³-hybridized carbons (Fsp3) is 0.952. The maximum Gasteiger partial charge on any atom is 0.410 e. The van der Waals surface area contributed by atoms with Crippen molar-refractivity contribution in [3.05, 3.63) is 0 Å². The Kier molecular flexibility index (Phi) is 7.19. The lowest BCUT2D eigenvalue weighted by atomic mass is 9.79. The number of rotatable bonds is 4. The van der Waals surface area contributed by atoms with Gasteiger partial charge in [-0.3, -0.25) is 0 Å². The third kappa shape index (κ3) is 6.47. The van der Waals surface area contributed by atoms with Crippen LogP contribution in [0, 0.1) is 23.7 Å². The van der Waals surface area contributed by atoms with E-state index in [0.29, 0.717) is 17.9 Å². The van der Waals surface area contributed by atoms with Gasteiger partial charge in [-0.1, -0.05) is 20.8 Å².